The first-order valence-corrected chi connectivity index (χ1v) is 10.5. The lowest BCUT2D eigenvalue weighted by molar-refractivity contribution is -0.385. The van der Waals surface area contributed by atoms with Gasteiger partial charge in [0.15, 0.2) is 5.75 Å². The zero-order chi connectivity index (χ0) is 18.9. The van der Waals surface area contributed by atoms with E-state index in [1.807, 2.05) is 0 Å². The number of nitro benzene ring substituents is 1. The van der Waals surface area contributed by atoms with Crippen molar-refractivity contribution in [1.82, 2.24) is 9.21 Å². The summed E-state index contributed by atoms with van der Waals surface area (Å²) >= 11 is 0. The molecule has 2 saturated heterocycles. The Bertz CT molecular complexity index is 769. The molecule has 2 aliphatic heterocycles. The summed E-state index contributed by atoms with van der Waals surface area (Å²) in [6, 6.07) is 4.87. The van der Waals surface area contributed by atoms with Gasteiger partial charge in [0.05, 0.1) is 11.2 Å². The summed E-state index contributed by atoms with van der Waals surface area (Å²) in [6.07, 6.45) is 3.13. The quantitative estimate of drug-likeness (QED) is 0.606. The molecule has 26 heavy (non-hydrogen) atoms. The second-order valence-electron chi connectivity index (χ2n) is 6.85. The Morgan fingerprint density at radius 3 is 2.23 bits per heavy atom. The van der Waals surface area contributed by atoms with Crippen molar-refractivity contribution in [1.29, 1.82) is 0 Å². The topological polar surface area (TPSA) is 107 Å². The Morgan fingerprint density at radius 2 is 1.73 bits per heavy atom. The van der Waals surface area contributed by atoms with Gasteiger partial charge in [-0.05, 0) is 18.9 Å². The van der Waals surface area contributed by atoms with Gasteiger partial charge in [-0.1, -0.05) is 0 Å². The highest BCUT2D eigenvalue weighted by Crippen LogP contribution is 2.32. The van der Waals surface area contributed by atoms with Gasteiger partial charge in [0.25, 0.3) is 0 Å². The molecule has 0 saturated carbocycles. The molecule has 3 rings (SSSR count). The minimum absolute atomic E-state index is 0.285. The van der Waals surface area contributed by atoms with E-state index in [1.54, 1.807) is 6.07 Å². The van der Waals surface area contributed by atoms with Crippen LogP contribution in [0.15, 0.2) is 18.2 Å². The van der Waals surface area contributed by atoms with Gasteiger partial charge in [0, 0.05) is 63.1 Å². The van der Waals surface area contributed by atoms with E-state index in [0.717, 1.165) is 44.7 Å². The fraction of sp³-hybridized carbons (Fsp3) is 0.625. The lowest BCUT2D eigenvalue weighted by Crippen LogP contribution is -2.54. The number of sulfonamides is 1. The second-order valence-corrected chi connectivity index (χ2v) is 8.83. The van der Waals surface area contributed by atoms with Crippen LogP contribution in [0.1, 0.15) is 12.8 Å². The molecular formula is C16H24N4O5S. The average Bonchev–Trinajstić information content (AvgIpc) is 2.61. The highest BCUT2D eigenvalue weighted by atomic mass is 32.2. The zero-order valence-corrected chi connectivity index (χ0v) is 15.6. The van der Waals surface area contributed by atoms with Crippen molar-refractivity contribution in [2.75, 3.05) is 50.4 Å². The molecule has 0 atom stereocenters. The number of piperidine rings is 1. The predicted molar refractivity (Wildman–Crippen MR) is 98.0 cm³/mol. The van der Waals surface area contributed by atoms with Crippen LogP contribution in [0.4, 0.5) is 11.4 Å². The molecule has 0 aliphatic carbocycles. The van der Waals surface area contributed by atoms with E-state index in [1.165, 1.54) is 22.7 Å². The maximum Gasteiger partial charge on any atom is 0.310 e. The number of phenols is 1. The van der Waals surface area contributed by atoms with Gasteiger partial charge < -0.3 is 10.0 Å². The summed E-state index contributed by atoms with van der Waals surface area (Å²) in [4.78, 5) is 14.7. The molecular weight excluding hydrogens is 360 g/mol. The number of anilines is 1. The molecule has 10 heteroatoms. The van der Waals surface area contributed by atoms with Gasteiger partial charge in [0.1, 0.15) is 0 Å². The second kappa shape index (κ2) is 7.37. The van der Waals surface area contributed by atoms with Crippen LogP contribution in [0, 0.1) is 10.1 Å². The number of rotatable bonds is 4. The maximum atomic E-state index is 11.6. The first kappa shape index (κ1) is 18.9. The van der Waals surface area contributed by atoms with Gasteiger partial charge >= 0.3 is 5.69 Å². The van der Waals surface area contributed by atoms with Crippen LogP contribution in [0.2, 0.25) is 0 Å². The van der Waals surface area contributed by atoms with Gasteiger partial charge in [0.2, 0.25) is 10.0 Å². The SMILES string of the molecule is CS(=O)(=O)N1CCN(C2CCN(c3ccc([N+](=O)[O-])c(O)c3)CC2)CC1. The molecule has 1 N–H and O–H groups in total. The normalized spacial score (nSPS) is 21.0. The zero-order valence-electron chi connectivity index (χ0n) is 14.7. The van der Waals surface area contributed by atoms with Crippen molar-refractivity contribution in [3.8, 4) is 5.75 Å². The van der Waals surface area contributed by atoms with E-state index in [0.29, 0.717) is 19.1 Å². The number of nitrogens with zero attached hydrogens (tertiary/aromatic N) is 4. The van der Waals surface area contributed by atoms with E-state index >= 15 is 0 Å². The molecule has 0 spiro atoms. The summed E-state index contributed by atoms with van der Waals surface area (Å²) in [5.74, 6) is -0.313. The molecule has 0 unspecified atom stereocenters. The first-order valence-electron chi connectivity index (χ1n) is 8.67. The molecule has 1 aromatic rings. The number of benzene rings is 1. The molecule has 1 aromatic carbocycles. The van der Waals surface area contributed by atoms with E-state index in [2.05, 4.69) is 9.80 Å². The summed E-state index contributed by atoms with van der Waals surface area (Å²) in [5.41, 5.74) is 0.501. The monoisotopic (exact) mass is 384 g/mol. The molecule has 144 valence electrons. The highest BCUT2D eigenvalue weighted by Gasteiger charge is 2.30. The van der Waals surface area contributed by atoms with Crippen molar-refractivity contribution < 1.29 is 18.4 Å². The fourth-order valence-electron chi connectivity index (χ4n) is 3.75. The van der Waals surface area contributed by atoms with E-state index in [9.17, 15) is 23.6 Å². The Hall–Kier alpha value is -1.91. The number of nitro groups is 1. The standard InChI is InChI=1S/C16H24N4O5S/c1-26(24,25)19-10-8-18(9-11-19)13-4-6-17(7-5-13)14-2-3-15(20(22)23)16(21)12-14/h2-3,12-13,21H,4-11H2,1H3. The molecule has 2 aliphatic rings. The summed E-state index contributed by atoms with van der Waals surface area (Å²) in [6.45, 7) is 4.17. The van der Waals surface area contributed by atoms with Crippen molar-refractivity contribution in [3.05, 3.63) is 28.3 Å². The number of hydrogen-bond donors (Lipinski definition) is 1. The molecule has 0 radical (unpaired) electrons. The highest BCUT2D eigenvalue weighted by molar-refractivity contribution is 7.88. The van der Waals surface area contributed by atoms with E-state index in [4.69, 9.17) is 0 Å². The van der Waals surface area contributed by atoms with Crippen LogP contribution in [-0.2, 0) is 10.0 Å². The Morgan fingerprint density at radius 1 is 1.12 bits per heavy atom. The number of piperazine rings is 1. The summed E-state index contributed by atoms with van der Waals surface area (Å²) in [5, 5.41) is 20.6. The number of hydrogen-bond acceptors (Lipinski definition) is 7. The fourth-order valence-corrected chi connectivity index (χ4v) is 4.58. The van der Waals surface area contributed by atoms with Crippen LogP contribution in [0.25, 0.3) is 0 Å². The average molecular weight is 384 g/mol. The largest absolute Gasteiger partial charge is 0.502 e. The maximum absolute atomic E-state index is 11.6. The van der Waals surface area contributed by atoms with Crippen molar-refractivity contribution >= 4 is 21.4 Å². The van der Waals surface area contributed by atoms with Crippen LogP contribution in [0.5, 0.6) is 5.75 Å². The van der Waals surface area contributed by atoms with Gasteiger partial charge in [-0.2, -0.15) is 4.31 Å². The molecule has 0 amide bonds. The number of aromatic hydroxyl groups is 1. The third-order valence-corrected chi connectivity index (χ3v) is 6.55. The predicted octanol–water partition coefficient (Wildman–Crippen LogP) is 0.846. The van der Waals surface area contributed by atoms with Crippen molar-refractivity contribution in [3.63, 3.8) is 0 Å². The molecule has 2 fully saturated rings. The number of phenolic OH excluding ortho intramolecular Hbond substituents is 1. The minimum atomic E-state index is -3.11. The summed E-state index contributed by atoms with van der Waals surface area (Å²) in [7, 11) is -3.11. The van der Waals surface area contributed by atoms with Gasteiger partial charge in [-0.25, -0.2) is 8.42 Å². The molecule has 0 aromatic heterocycles. The van der Waals surface area contributed by atoms with E-state index < -0.39 is 14.9 Å². The molecule has 0 bridgehead atoms. The molecule has 9 nitrogen and oxygen atoms in total. The Kier molecular flexibility index (Phi) is 5.35. The lowest BCUT2D eigenvalue weighted by atomic mass is 10.0. The first-order chi connectivity index (χ1) is 12.3. The smallest absolute Gasteiger partial charge is 0.310 e. The third-order valence-electron chi connectivity index (χ3n) is 5.24. The minimum Gasteiger partial charge on any atom is -0.502 e. The lowest BCUT2D eigenvalue weighted by Gasteiger charge is -2.42. The molecule has 2 heterocycles. The van der Waals surface area contributed by atoms with Crippen molar-refractivity contribution in [2.45, 2.75) is 18.9 Å². The third kappa shape index (κ3) is 4.08. The Labute approximate surface area is 153 Å². The van der Waals surface area contributed by atoms with Gasteiger partial charge in [-0.3, -0.25) is 15.0 Å². The van der Waals surface area contributed by atoms with Crippen LogP contribution >= 0.6 is 0 Å². The van der Waals surface area contributed by atoms with Crippen LogP contribution < -0.4 is 4.90 Å². The van der Waals surface area contributed by atoms with E-state index in [-0.39, 0.29) is 11.4 Å². The summed E-state index contributed by atoms with van der Waals surface area (Å²) < 4.78 is 24.7. The van der Waals surface area contributed by atoms with Gasteiger partial charge in [-0.15, -0.1) is 0 Å². The van der Waals surface area contributed by atoms with Crippen LogP contribution in [0.3, 0.4) is 0 Å². The van der Waals surface area contributed by atoms with Crippen LogP contribution in [-0.4, -0.2) is 79.2 Å². The Balaban J connectivity index is 1.55. The van der Waals surface area contributed by atoms with Crippen molar-refractivity contribution in [2.24, 2.45) is 0 Å².